The third kappa shape index (κ3) is 10.6. The van der Waals surface area contributed by atoms with Crippen LogP contribution in [0, 0.1) is 11.8 Å². The first-order chi connectivity index (χ1) is 9.20. The van der Waals surface area contributed by atoms with Gasteiger partial charge in [0.15, 0.2) is 0 Å². The molecular formula is C16H28O4. The minimum Gasteiger partial charge on any atom is -0.460 e. The molecule has 0 N–H and O–H groups in total. The number of esters is 2. The summed E-state index contributed by atoms with van der Waals surface area (Å²) in [5.41, 5.74) is 0. The van der Waals surface area contributed by atoms with Crippen molar-refractivity contribution in [2.75, 3.05) is 0 Å². The molecule has 0 heterocycles. The molecule has 4 nitrogen and oxygen atoms in total. The smallest absolute Gasteiger partial charge is 0.331 e. The molecule has 116 valence electrons. The maximum Gasteiger partial charge on any atom is 0.331 e. The van der Waals surface area contributed by atoms with Gasteiger partial charge in [-0.1, -0.05) is 27.7 Å². The fraction of sp³-hybridized carbons (Fsp3) is 0.750. The van der Waals surface area contributed by atoms with E-state index in [9.17, 15) is 9.59 Å². The molecule has 4 heteroatoms. The van der Waals surface area contributed by atoms with E-state index in [-0.39, 0.29) is 12.2 Å². The van der Waals surface area contributed by atoms with Gasteiger partial charge in [0.25, 0.3) is 0 Å². The average Bonchev–Trinajstić information content (AvgIpc) is 2.23. The Balaban J connectivity index is 4.08. The summed E-state index contributed by atoms with van der Waals surface area (Å²) >= 11 is 0. The van der Waals surface area contributed by atoms with Crippen molar-refractivity contribution < 1.29 is 19.1 Å². The summed E-state index contributed by atoms with van der Waals surface area (Å²) in [5, 5.41) is 0. The Labute approximate surface area is 122 Å². The molecule has 0 aromatic carbocycles. The van der Waals surface area contributed by atoms with E-state index in [0.29, 0.717) is 11.8 Å². The van der Waals surface area contributed by atoms with Crippen LogP contribution in [0.25, 0.3) is 0 Å². The monoisotopic (exact) mass is 284 g/mol. The molecule has 2 unspecified atom stereocenters. The minimum atomic E-state index is -0.508. The Morgan fingerprint density at radius 2 is 1.05 bits per heavy atom. The fourth-order valence-corrected chi connectivity index (χ4v) is 2.04. The van der Waals surface area contributed by atoms with E-state index in [0.717, 1.165) is 25.0 Å². The molecule has 0 aliphatic rings. The minimum absolute atomic E-state index is 0.150. The number of rotatable bonds is 8. The van der Waals surface area contributed by atoms with Crippen molar-refractivity contribution in [3.8, 4) is 0 Å². The number of hydrogen-bond donors (Lipinski definition) is 0. The Morgan fingerprint density at radius 3 is 1.30 bits per heavy atom. The van der Waals surface area contributed by atoms with Crippen LogP contribution in [0.2, 0.25) is 0 Å². The number of carbonyl (C=O) groups excluding carboxylic acids is 2. The van der Waals surface area contributed by atoms with Gasteiger partial charge in [0, 0.05) is 12.2 Å². The van der Waals surface area contributed by atoms with Crippen LogP contribution in [-0.2, 0) is 19.1 Å². The second-order valence-electron chi connectivity index (χ2n) is 6.09. The van der Waals surface area contributed by atoms with Crippen LogP contribution >= 0.6 is 0 Å². The molecule has 0 aliphatic heterocycles. The number of carbonyl (C=O) groups is 2. The van der Waals surface area contributed by atoms with Crippen LogP contribution in [0.3, 0.4) is 0 Å². The lowest BCUT2D eigenvalue weighted by atomic mass is 10.1. The van der Waals surface area contributed by atoms with Gasteiger partial charge in [-0.15, -0.1) is 0 Å². The van der Waals surface area contributed by atoms with Crippen molar-refractivity contribution in [2.45, 2.75) is 66.6 Å². The van der Waals surface area contributed by atoms with Gasteiger partial charge in [-0.2, -0.15) is 0 Å². The predicted octanol–water partition coefficient (Wildman–Crippen LogP) is 3.50. The molecule has 0 aromatic rings. The third-order valence-corrected chi connectivity index (χ3v) is 2.60. The Hall–Kier alpha value is -1.32. The molecule has 0 aliphatic carbocycles. The molecule has 0 rings (SSSR count). The second-order valence-corrected chi connectivity index (χ2v) is 6.09. The van der Waals surface area contributed by atoms with Crippen molar-refractivity contribution in [1.29, 1.82) is 0 Å². The van der Waals surface area contributed by atoms with Gasteiger partial charge < -0.3 is 9.47 Å². The topological polar surface area (TPSA) is 52.6 Å². The largest absolute Gasteiger partial charge is 0.460 e. The Bertz CT molecular complexity index is 299. The van der Waals surface area contributed by atoms with Gasteiger partial charge >= 0.3 is 11.9 Å². The number of ether oxygens (including phenoxy) is 2. The first kappa shape index (κ1) is 18.7. The van der Waals surface area contributed by atoms with E-state index in [4.69, 9.17) is 9.47 Å². The van der Waals surface area contributed by atoms with Crippen molar-refractivity contribution in [1.82, 2.24) is 0 Å². The summed E-state index contributed by atoms with van der Waals surface area (Å²) in [6.07, 6.45) is 3.55. The van der Waals surface area contributed by atoms with Crippen LogP contribution in [0.1, 0.15) is 54.4 Å². The second kappa shape index (κ2) is 9.56. The summed E-state index contributed by atoms with van der Waals surface area (Å²) in [7, 11) is 0. The average molecular weight is 284 g/mol. The number of hydrogen-bond acceptors (Lipinski definition) is 4. The molecule has 0 bridgehead atoms. The van der Waals surface area contributed by atoms with Gasteiger partial charge in [-0.3, -0.25) is 0 Å². The lowest BCUT2D eigenvalue weighted by Crippen LogP contribution is -2.17. The lowest BCUT2D eigenvalue weighted by molar-refractivity contribution is -0.145. The zero-order valence-electron chi connectivity index (χ0n) is 13.5. The van der Waals surface area contributed by atoms with Crippen molar-refractivity contribution in [3.05, 3.63) is 12.2 Å². The zero-order chi connectivity index (χ0) is 15.7. The maximum absolute atomic E-state index is 11.5. The van der Waals surface area contributed by atoms with Crippen LogP contribution in [0.15, 0.2) is 12.2 Å². The van der Waals surface area contributed by atoms with E-state index in [2.05, 4.69) is 27.7 Å². The Morgan fingerprint density at radius 1 is 0.750 bits per heavy atom. The molecule has 0 spiro atoms. The molecule has 20 heavy (non-hydrogen) atoms. The molecule has 0 radical (unpaired) electrons. The lowest BCUT2D eigenvalue weighted by Gasteiger charge is -2.14. The predicted molar refractivity (Wildman–Crippen MR) is 79.2 cm³/mol. The molecule has 0 saturated heterocycles. The van der Waals surface area contributed by atoms with Gasteiger partial charge in [-0.25, -0.2) is 9.59 Å². The van der Waals surface area contributed by atoms with Crippen molar-refractivity contribution in [2.24, 2.45) is 11.8 Å². The van der Waals surface area contributed by atoms with E-state index < -0.39 is 11.9 Å². The zero-order valence-corrected chi connectivity index (χ0v) is 13.5. The standard InChI is InChI=1S/C16H28O4/c1-11(2)9-13(5)19-15(17)7-8-16(18)20-14(6)10-12(3)4/h7-8,11-14H,9-10H2,1-6H3/b8-7+. The Kier molecular flexibility index (Phi) is 8.93. The highest BCUT2D eigenvalue weighted by atomic mass is 16.5. The van der Waals surface area contributed by atoms with E-state index >= 15 is 0 Å². The highest BCUT2D eigenvalue weighted by Crippen LogP contribution is 2.09. The molecule has 0 amide bonds. The highest BCUT2D eigenvalue weighted by molar-refractivity contribution is 5.91. The summed E-state index contributed by atoms with van der Waals surface area (Å²) < 4.78 is 10.3. The van der Waals surface area contributed by atoms with Crippen LogP contribution in [-0.4, -0.2) is 24.1 Å². The van der Waals surface area contributed by atoms with E-state index in [1.165, 1.54) is 0 Å². The molecule has 2 atom stereocenters. The van der Waals surface area contributed by atoms with Crippen LogP contribution in [0.4, 0.5) is 0 Å². The third-order valence-electron chi connectivity index (χ3n) is 2.60. The van der Waals surface area contributed by atoms with Crippen molar-refractivity contribution in [3.63, 3.8) is 0 Å². The first-order valence-electron chi connectivity index (χ1n) is 7.30. The summed E-state index contributed by atoms with van der Waals surface area (Å²) in [5.74, 6) is -0.0921. The first-order valence-corrected chi connectivity index (χ1v) is 7.30. The van der Waals surface area contributed by atoms with Gasteiger partial charge in [0.2, 0.25) is 0 Å². The van der Waals surface area contributed by atoms with Gasteiger partial charge in [0.1, 0.15) is 0 Å². The van der Waals surface area contributed by atoms with Crippen LogP contribution in [0.5, 0.6) is 0 Å². The summed E-state index contributed by atoms with van der Waals surface area (Å²) in [4.78, 5) is 23.0. The van der Waals surface area contributed by atoms with Crippen LogP contribution < -0.4 is 0 Å². The normalized spacial score (nSPS) is 14.6. The molecule has 0 fully saturated rings. The van der Waals surface area contributed by atoms with Gasteiger partial charge in [-0.05, 0) is 38.5 Å². The maximum atomic E-state index is 11.5. The molecular weight excluding hydrogens is 256 g/mol. The SMILES string of the molecule is CC(C)CC(C)OC(=O)/C=C/C(=O)OC(C)CC(C)C. The quantitative estimate of drug-likeness (QED) is 0.505. The van der Waals surface area contributed by atoms with E-state index in [1.807, 2.05) is 13.8 Å². The van der Waals surface area contributed by atoms with Crippen molar-refractivity contribution >= 4 is 11.9 Å². The molecule has 0 aromatic heterocycles. The summed E-state index contributed by atoms with van der Waals surface area (Å²) in [6.45, 7) is 11.9. The fourth-order valence-electron chi connectivity index (χ4n) is 2.04. The molecule has 0 saturated carbocycles. The van der Waals surface area contributed by atoms with Gasteiger partial charge in [0.05, 0.1) is 12.2 Å². The highest BCUT2D eigenvalue weighted by Gasteiger charge is 2.11. The van der Waals surface area contributed by atoms with E-state index in [1.54, 1.807) is 0 Å². The summed E-state index contributed by atoms with van der Waals surface area (Å²) in [6, 6.07) is 0.